The van der Waals surface area contributed by atoms with Crippen molar-refractivity contribution in [3.05, 3.63) is 0 Å². The van der Waals surface area contributed by atoms with Crippen LogP contribution in [0.25, 0.3) is 0 Å². The molecule has 4 rings (SSSR count). The SMILES string of the molecule is CCOC(=O)NC12CC3CC(CC(C3)C1)C2. The Labute approximate surface area is 96.9 Å². The molecule has 4 aliphatic rings. The van der Waals surface area contributed by atoms with Gasteiger partial charge in [-0.1, -0.05) is 0 Å². The average molecular weight is 223 g/mol. The fraction of sp³-hybridized carbons (Fsp3) is 0.923. The van der Waals surface area contributed by atoms with Crippen molar-refractivity contribution in [2.45, 2.75) is 51.0 Å². The van der Waals surface area contributed by atoms with Crippen molar-refractivity contribution < 1.29 is 9.53 Å². The van der Waals surface area contributed by atoms with Gasteiger partial charge in [-0.3, -0.25) is 0 Å². The summed E-state index contributed by atoms with van der Waals surface area (Å²) in [4.78, 5) is 11.6. The highest BCUT2D eigenvalue weighted by Gasteiger charge is 2.51. The van der Waals surface area contributed by atoms with E-state index in [1.54, 1.807) is 0 Å². The Kier molecular flexibility index (Phi) is 2.37. The Hall–Kier alpha value is -0.730. The largest absolute Gasteiger partial charge is 0.450 e. The Morgan fingerprint density at radius 1 is 1.19 bits per heavy atom. The summed E-state index contributed by atoms with van der Waals surface area (Å²) in [5.74, 6) is 2.61. The van der Waals surface area contributed by atoms with Crippen LogP contribution in [0.5, 0.6) is 0 Å². The molecule has 0 spiro atoms. The molecule has 4 saturated carbocycles. The summed E-state index contributed by atoms with van der Waals surface area (Å²) in [6.07, 6.45) is 7.59. The molecule has 0 saturated heterocycles. The number of hydrogen-bond donors (Lipinski definition) is 1. The summed E-state index contributed by atoms with van der Waals surface area (Å²) in [6, 6.07) is 0. The zero-order valence-corrected chi connectivity index (χ0v) is 10.00. The number of hydrogen-bond acceptors (Lipinski definition) is 2. The second kappa shape index (κ2) is 3.64. The molecule has 3 nitrogen and oxygen atoms in total. The first kappa shape index (κ1) is 10.4. The highest BCUT2D eigenvalue weighted by Crippen LogP contribution is 2.55. The molecule has 0 aromatic carbocycles. The van der Waals surface area contributed by atoms with E-state index in [0.717, 1.165) is 17.8 Å². The number of ether oxygens (including phenoxy) is 1. The molecule has 0 atom stereocenters. The molecule has 4 aliphatic carbocycles. The number of alkyl carbamates (subject to hydrolysis) is 1. The van der Waals surface area contributed by atoms with Gasteiger partial charge in [-0.25, -0.2) is 4.79 Å². The summed E-state index contributed by atoms with van der Waals surface area (Å²) >= 11 is 0. The van der Waals surface area contributed by atoms with Crippen molar-refractivity contribution in [2.24, 2.45) is 17.8 Å². The topological polar surface area (TPSA) is 38.3 Å². The van der Waals surface area contributed by atoms with Crippen LogP contribution < -0.4 is 5.32 Å². The summed E-state index contributed by atoms with van der Waals surface area (Å²) in [5.41, 5.74) is 0.0982. The molecule has 0 heterocycles. The molecule has 0 aliphatic heterocycles. The smallest absolute Gasteiger partial charge is 0.407 e. The van der Waals surface area contributed by atoms with Gasteiger partial charge in [-0.2, -0.15) is 0 Å². The van der Waals surface area contributed by atoms with Gasteiger partial charge in [0.1, 0.15) is 0 Å². The van der Waals surface area contributed by atoms with Crippen molar-refractivity contribution in [3.63, 3.8) is 0 Å². The van der Waals surface area contributed by atoms with Crippen LogP contribution in [0.2, 0.25) is 0 Å². The van der Waals surface area contributed by atoms with E-state index >= 15 is 0 Å². The quantitative estimate of drug-likeness (QED) is 0.781. The fourth-order valence-electron chi connectivity index (χ4n) is 4.65. The Balaban J connectivity index is 1.71. The van der Waals surface area contributed by atoms with Gasteiger partial charge in [0.2, 0.25) is 0 Å². The minimum atomic E-state index is -0.204. The number of nitrogens with one attached hydrogen (secondary N) is 1. The molecule has 4 bridgehead atoms. The third kappa shape index (κ3) is 1.70. The maximum absolute atomic E-state index is 11.6. The zero-order valence-electron chi connectivity index (χ0n) is 10.00. The van der Waals surface area contributed by atoms with E-state index in [-0.39, 0.29) is 11.6 Å². The van der Waals surface area contributed by atoms with E-state index in [4.69, 9.17) is 4.74 Å². The van der Waals surface area contributed by atoms with Crippen LogP contribution in [0.3, 0.4) is 0 Å². The lowest BCUT2D eigenvalue weighted by Gasteiger charge is -2.56. The van der Waals surface area contributed by atoms with Gasteiger partial charge in [0.05, 0.1) is 6.61 Å². The number of carbonyl (C=O) groups is 1. The van der Waals surface area contributed by atoms with Crippen molar-refractivity contribution >= 4 is 6.09 Å². The lowest BCUT2D eigenvalue weighted by molar-refractivity contribution is -0.0188. The molecule has 1 amide bonds. The van der Waals surface area contributed by atoms with E-state index in [2.05, 4.69) is 5.32 Å². The van der Waals surface area contributed by atoms with E-state index in [1.807, 2.05) is 6.92 Å². The van der Waals surface area contributed by atoms with Crippen LogP contribution in [0, 0.1) is 17.8 Å². The maximum Gasteiger partial charge on any atom is 0.407 e. The average Bonchev–Trinajstić information content (AvgIpc) is 2.13. The Bertz CT molecular complexity index is 265. The molecular weight excluding hydrogens is 202 g/mol. The molecule has 0 aromatic rings. The third-order valence-electron chi connectivity index (χ3n) is 4.68. The normalized spacial score (nSPS) is 44.4. The van der Waals surface area contributed by atoms with E-state index in [1.165, 1.54) is 38.5 Å². The van der Waals surface area contributed by atoms with Crippen molar-refractivity contribution in [3.8, 4) is 0 Å². The molecule has 0 unspecified atom stereocenters. The highest BCUT2D eigenvalue weighted by molar-refractivity contribution is 5.68. The minimum absolute atomic E-state index is 0.0982. The van der Waals surface area contributed by atoms with E-state index in [9.17, 15) is 4.79 Å². The van der Waals surface area contributed by atoms with Gasteiger partial charge in [0.25, 0.3) is 0 Å². The van der Waals surface area contributed by atoms with Gasteiger partial charge in [0.15, 0.2) is 0 Å². The monoisotopic (exact) mass is 223 g/mol. The Morgan fingerprint density at radius 2 is 1.69 bits per heavy atom. The molecule has 90 valence electrons. The zero-order chi connectivity index (χ0) is 11.2. The molecule has 0 radical (unpaired) electrons. The van der Waals surface area contributed by atoms with E-state index in [0.29, 0.717) is 6.61 Å². The first-order valence-electron chi connectivity index (χ1n) is 6.64. The van der Waals surface area contributed by atoms with Crippen LogP contribution in [-0.4, -0.2) is 18.2 Å². The minimum Gasteiger partial charge on any atom is -0.450 e. The van der Waals surface area contributed by atoms with Gasteiger partial charge in [-0.15, -0.1) is 0 Å². The summed E-state index contributed by atoms with van der Waals surface area (Å²) < 4.78 is 5.03. The van der Waals surface area contributed by atoms with Crippen LogP contribution in [0.15, 0.2) is 0 Å². The molecule has 16 heavy (non-hydrogen) atoms. The van der Waals surface area contributed by atoms with Crippen molar-refractivity contribution in [2.75, 3.05) is 6.61 Å². The van der Waals surface area contributed by atoms with Crippen molar-refractivity contribution in [1.29, 1.82) is 0 Å². The third-order valence-corrected chi connectivity index (χ3v) is 4.68. The molecule has 4 fully saturated rings. The second-order valence-electron chi connectivity index (χ2n) is 6.04. The van der Waals surface area contributed by atoms with Gasteiger partial charge < -0.3 is 10.1 Å². The number of amides is 1. The first-order chi connectivity index (χ1) is 7.69. The molecular formula is C13H21NO2. The lowest BCUT2D eigenvalue weighted by Crippen LogP contribution is -2.59. The standard InChI is InChI=1S/C13H21NO2/c1-2-16-12(15)14-13-6-9-3-10(7-13)5-11(4-9)8-13/h9-11H,2-8H2,1H3,(H,14,15). The second-order valence-corrected chi connectivity index (χ2v) is 6.04. The van der Waals surface area contributed by atoms with Crippen LogP contribution in [0.1, 0.15) is 45.4 Å². The number of rotatable bonds is 2. The van der Waals surface area contributed by atoms with Gasteiger partial charge in [0, 0.05) is 5.54 Å². The van der Waals surface area contributed by atoms with Crippen molar-refractivity contribution in [1.82, 2.24) is 5.32 Å². The van der Waals surface area contributed by atoms with Gasteiger partial charge in [-0.05, 0) is 63.2 Å². The van der Waals surface area contributed by atoms with Gasteiger partial charge >= 0.3 is 6.09 Å². The molecule has 1 N–H and O–H groups in total. The predicted octanol–water partition coefficient (Wildman–Crippen LogP) is 2.70. The molecule has 0 aromatic heterocycles. The number of carbonyl (C=O) groups excluding carboxylic acids is 1. The summed E-state index contributed by atoms with van der Waals surface area (Å²) in [7, 11) is 0. The Morgan fingerprint density at radius 3 is 2.12 bits per heavy atom. The van der Waals surface area contributed by atoms with Crippen LogP contribution >= 0.6 is 0 Å². The fourth-order valence-corrected chi connectivity index (χ4v) is 4.65. The van der Waals surface area contributed by atoms with E-state index < -0.39 is 0 Å². The lowest BCUT2D eigenvalue weighted by atomic mass is 9.53. The summed E-state index contributed by atoms with van der Waals surface area (Å²) in [6.45, 7) is 2.33. The van der Waals surface area contributed by atoms with Crippen LogP contribution in [-0.2, 0) is 4.74 Å². The first-order valence-corrected chi connectivity index (χ1v) is 6.64. The van der Waals surface area contributed by atoms with Crippen LogP contribution in [0.4, 0.5) is 4.79 Å². The maximum atomic E-state index is 11.6. The molecule has 3 heteroatoms. The predicted molar refractivity (Wildman–Crippen MR) is 61.1 cm³/mol. The highest BCUT2D eigenvalue weighted by atomic mass is 16.5. The summed E-state index contributed by atoms with van der Waals surface area (Å²) in [5, 5.41) is 3.16.